The normalized spacial score (nSPS) is 11.6. The molecule has 0 saturated heterocycles. The molecule has 1 aromatic heterocycles. The van der Waals surface area contributed by atoms with Gasteiger partial charge in [-0.25, -0.2) is 0 Å². The van der Waals surface area contributed by atoms with Gasteiger partial charge in [0.15, 0.2) is 0 Å². The standard InChI is InChI=1S/C13H9F3N4O2/c14-13(15,16)10-1-2-11(12(7-10)20(21)22)19-18-8-9-3-5-17-6-4-9/h1-8,19H/b18-8+. The van der Waals surface area contributed by atoms with Crippen LogP contribution in [0, 0.1) is 10.1 Å². The number of hydrogen-bond donors (Lipinski definition) is 1. The summed E-state index contributed by atoms with van der Waals surface area (Å²) in [4.78, 5) is 13.8. The van der Waals surface area contributed by atoms with Crippen molar-refractivity contribution in [1.82, 2.24) is 4.98 Å². The minimum Gasteiger partial charge on any atom is -0.272 e. The third kappa shape index (κ3) is 3.78. The number of hydrogen-bond acceptors (Lipinski definition) is 5. The van der Waals surface area contributed by atoms with E-state index in [2.05, 4.69) is 15.5 Å². The van der Waals surface area contributed by atoms with Crippen molar-refractivity contribution >= 4 is 17.6 Å². The quantitative estimate of drug-likeness (QED) is 0.533. The number of anilines is 1. The van der Waals surface area contributed by atoms with E-state index in [1.54, 1.807) is 12.1 Å². The Labute approximate surface area is 122 Å². The van der Waals surface area contributed by atoms with Crippen LogP contribution in [0.15, 0.2) is 47.8 Å². The van der Waals surface area contributed by atoms with Crippen LogP contribution in [0.25, 0.3) is 0 Å². The van der Waals surface area contributed by atoms with E-state index in [-0.39, 0.29) is 5.69 Å². The van der Waals surface area contributed by atoms with Crippen LogP contribution in [0.5, 0.6) is 0 Å². The van der Waals surface area contributed by atoms with Gasteiger partial charge < -0.3 is 0 Å². The summed E-state index contributed by atoms with van der Waals surface area (Å²) in [7, 11) is 0. The molecule has 2 rings (SSSR count). The number of nitrogens with zero attached hydrogens (tertiary/aromatic N) is 3. The number of benzene rings is 1. The van der Waals surface area contributed by atoms with Gasteiger partial charge in [0.25, 0.3) is 5.69 Å². The molecule has 6 nitrogen and oxygen atoms in total. The highest BCUT2D eigenvalue weighted by Crippen LogP contribution is 2.34. The van der Waals surface area contributed by atoms with Gasteiger partial charge in [-0.3, -0.25) is 20.5 Å². The Kier molecular flexibility index (Phi) is 4.35. The molecule has 1 N–H and O–H groups in total. The highest BCUT2D eigenvalue weighted by Gasteiger charge is 2.33. The van der Waals surface area contributed by atoms with Crippen LogP contribution < -0.4 is 5.43 Å². The molecule has 9 heteroatoms. The topological polar surface area (TPSA) is 80.4 Å². The van der Waals surface area contributed by atoms with Crippen LogP contribution in [0.4, 0.5) is 24.5 Å². The molecule has 0 fully saturated rings. The fourth-order valence-corrected chi connectivity index (χ4v) is 1.58. The van der Waals surface area contributed by atoms with Crippen LogP contribution in [0.1, 0.15) is 11.1 Å². The van der Waals surface area contributed by atoms with E-state index in [9.17, 15) is 23.3 Å². The molecule has 0 spiro atoms. The van der Waals surface area contributed by atoms with Crippen molar-refractivity contribution in [2.45, 2.75) is 6.18 Å². The lowest BCUT2D eigenvalue weighted by Crippen LogP contribution is -2.06. The largest absolute Gasteiger partial charge is 0.416 e. The van der Waals surface area contributed by atoms with Gasteiger partial charge in [0.1, 0.15) is 5.69 Å². The monoisotopic (exact) mass is 310 g/mol. The van der Waals surface area contributed by atoms with Crippen LogP contribution in [-0.2, 0) is 6.18 Å². The Morgan fingerprint density at radius 1 is 1.23 bits per heavy atom. The molecular formula is C13H9F3N4O2. The first-order valence-electron chi connectivity index (χ1n) is 5.92. The third-order valence-electron chi connectivity index (χ3n) is 2.63. The molecule has 0 atom stereocenters. The summed E-state index contributed by atoms with van der Waals surface area (Å²) >= 11 is 0. The molecule has 1 aromatic carbocycles. The molecule has 1 heterocycles. The Morgan fingerprint density at radius 3 is 2.50 bits per heavy atom. The van der Waals surface area contributed by atoms with Crippen LogP contribution in [-0.4, -0.2) is 16.1 Å². The second kappa shape index (κ2) is 6.20. The molecule has 22 heavy (non-hydrogen) atoms. The predicted octanol–water partition coefficient (Wildman–Crippen LogP) is 3.45. The van der Waals surface area contributed by atoms with Crippen LogP contribution in [0.3, 0.4) is 0 Å². The maximum absolute atomic E-state index is 12.6. The maximum atomic E-state index is 12.6. The minimum atomic E-state index is -4.65. The highest BCUT2D eigenvalue weighted by atomic mass is 19.4. The lowest BCUT2D eigenvalue weighted by atomic mass is 10.1. The number of aromatic nitrogens is 1. The van der Waals surface area contributed by atoms with E-state index < -0.39 is 22.4 Å². The summed E-state index contributed by atoms with van der Waals surface area (Å²) in [6, 6.07) is 5.46. The van der Waals surface area contributed by atoms with Gasteiger partial charge in [-0.2, -0.15) is 18.3 Å². The Morgan fingerprint density at radius 2 is 1.91 bits per heavy atom. The van der Waals surface area contributed by atoms with Crippen molar-refractivity contribution in [2.24, 2.45) is 5.10 Å². The summed E-state index contributed by atoms with van der Waals surface area (Å²) in [6.07, 6.45) is -0.226. The summed E-state index contributed by atoms with van der Waals surface area (Å²) in [5, 5.41) is 14.6. The predicted molar refractivity (Wildman–Crippen MR) is 73.6 cm³/mol. The van der Waals surface area contributed by atoms with Crippen LogP contribution >= 0.6 is 0 Å². The van der Waals surface area contributed by atoms with E-state index in [0.717, 1.165) is 12.1 Å². The molecule has 0 aliphatic heterocycles. The molecule has 0 radical (unpaired) electrons. The van der Waals surface area contributed by atoms with E-state index in [4.69, 9.17) is 0 Å². The summed E-state index contributed by atoms with van der Waals surface area (Å²) in [5.41, 5.74) is 1.10. The second-order valence-electron chi connectivity index (χ2n) is 4.14. The first-order chi connectivity index (χ1) is 10.4. The first kappa shape index (κ1) is 15.4. The zero-order valence-electron chi connectivity index (χ0n) is 10.9. The number of nitro benzene ring substituents is 1. The van der Waals surface area contributed by atoms with Crippen molar-refractivity contribution in [1.29, 1.82) is 0 Å². The fraction of sp³-hybridized carbons (Fsp3) is 0.0769. The summed E-state index contributed by atoms with van der Waals surface area (Å²) in [6.45, 7) is 0. The molecule has 0 aliphatic carbocycles. The number of nitro groups is 1. The lowest BCUT2D eigenvalue weighted by Gasteiger charge is -2.08. The van der Waals surface area contributed by atoms with Gasteiger partial charge in [0, 0.05) is 18.5 Å². The summed E-state index contributed by atoms with van der Waals surface area (Å²) in [5.74, 6) is 0. The number of nitrogens with one attached hydrogen (secondary N) is 1. The van der Waals surface area contributed by atoms with Crippen molar-refractivity contribution in [3.05, 3.63) is 64.0 Å². The van der Waals surface area contributed by atoms with E-state index >= 15 is 0 Å². The van der Waals surface area contributed by atoms with Crippen molar-refractivity contribution in [3.8, 4) is 0 Å². The second-order valence-corrected chi connectivity index (χ2v) is 4.14. The van der Waals surface area contributed by atoms with Gasteiger partial charge in [0.2, 0.25) is 0 Å². The van der Waals surface area contributed by atoms with E-state index in [1.807, 2.05) is 0 Å². The Hall–Kier alpha value is -2.97. The number of hydrazone groups is 1. The van der Waals surface area contributed by atoms with E-state index in [1.165, 1.54) is 18.6 Å². The zero-order chi connectivity index (χ0) is 16.2. The molecule has 0 aliphatic rings. The first-order valence-corrected chi connectivity index (χ1v) is 5.92. The van der Waals surface area contributed by atoms with Crippen molar-refractivity contribution < 1.29 is 18.1 Å². The molecule has 0 bridgehead atoms. The number of alkyl halides is 3. The molecule has 0 amide bonds. The lowest BCUT2D eigenvalue weighted by molar-refractivity contribution is -0.384. The molecule has 0 unspecified atom stereocenters. The number of rotatable bonds is 4. The SMILES string of the molecule is O=[N+]([O-])c1cc(C(F)(F)F)ccc1N/N=C/c1ccncc1. The van der Waals surface area contributed by atoms with Gasteiger partial charge >= 0.3 is 6.18 Å². The average Bonchev–Trinajstić information content (AvgIpc) is 2.47. The molecule has 114 valence electrons. The smallest absolute Gasteiger partial charge is 0.272 e. The van der Waals surface area contributed by atoms with Gasteiger partial charge in [-0.1, -0.05) is 0 Å². The van der Waals surface area contributed by atoms with Gasteiger partial charge in [0.05, 0.1) is 16.7 Å². The maximum Gasteiger partial charge on any atom is 0.416 e. The number of halogens is 3. The van der Waals surface area contributed by atoms with Crippen molar-refractivity contribution in [2.75, 3.05) is 5.43 Å². The molecule has 0 saturated carbocycles. The highest BCUT2D eigenvalue weighted by molar-refractivity contribution is 5.80. The van der Waals surface area contributed by atoms with E-state index in [0.29, 0.717) is 11.6 Å². The fourth-order valence-electron chi connectivity index (χ4n) is 1.58. The zero-order valence-corrected chi connectivity index (χ0v) is 10.9. The Bertz CT molecular complexity index is 702. The summed E-state index contributed by atoms with van der Waals surface area (Å²) < 4.78 is 37.7. The van der Waals surface area contributed by atoms with Gasteiger partial charge in [-0.15, -0.1) is 0 Å². The van der Waals surface area contributed by atoms with Crippen molar-refractivity contribution in [3.63, 3.8) is 0 Å². The van der Waals surface area contributed by atoms with Crippen LogP contribution in [0.2, 0.25) is 0 Å². The third-order valence-corrected chi connectivity index (χ3v) is 2.63. The Balaban J connectivity index is 2.24. The van der Waals surface area contributed by atoms with Gasteiger partial charge in [-0.05, 0) is 29.8 Å². The minimum absolute atomic E-state index is 0.136. The average molecular weight is 310 g/mol. The number of pyridine rings is 1. The molecule has 2 aromatic rings. The molecular weight excluding hydrogens is 301 g/mol.